The van der Waals surface area contributed by atoms with E-state index in [1.54, 1.807) is 0 Å². The molecule has 6 nitrogen and oxygen atoms in total. The van der Waals surface area contributed by atoms with Gasteiger partial charge in [-0.15, -0.1) is 0 Å². The average molecular weight is 415 g/mol. The summed E-state index contributed by atoms with van der Waals surface area (Å²) in [5.41, 5.74) is 1.84. The largest absolute Gasteiger partial charge is 0.491 e. The standard InChI is InChI=1S/C24H34N2O4/c1-5-29-15-7-14-26-23(27)21(19-9-11-20(12-10-19)30-17(2)3)22(24(26)28)25-13-6-8-18(4)16-25/h9-12,17-18H,5-8,13-16H2,1-4H3. The molecular weight excluding hydrogens is 380 g/mol. The summed E-state index contributed by atoms with van der Waals surface area (Å²) >= 11 is 0. The number of benzene rings is 1. The summed E-state index contributed by atoms with van der Waals surface area (Å²) in [4.78, 5) is 30.2. The zero-order valence-electron chi connectivity index (χ0n) is 18.6. The third-order valence-electron chi connectivity index (χ3n) is 5.51. The van der Waals surface area contributed by atoms with Crippen molar-refractivity contribution in [3.8, 4) is 5.75 Å². The van der Waals surface area contributed by atoms with Gasteiger partial charge in [0.25, 0.3) is 11.8 Å². The van der Waals surface area contributed by atoms with Crippen LogP contribution >= 0.6 is 0 Å². The molecule has 1 atom stereocenters. The van der Waals surface area contributed by atoms with E-state index in [1.165, 1.54) is 4.90 Å². The molecule has 6 heteroatoms. The highest BCUT2D eigenvalue weighted by Gasteiger charge is 2.41. The van der Waals surface area contributed by atoms with Crippen molar-refractivity contribution in [2.45, 2.75) is 53.1 Å². The minimum atomic E-state index is -0.206. The van der Waals surface area contributed by atoms with Crippen LogP contribution in [0.1, 0.15) is 52.5 Å². The minimum absolute atomic E-state index is 0.0796. The van der Waals surface area contributed by atoms with E-state index in [9.17, 15) is 9.59 Å². The van der Waals surface area contributed by atoms with E-state index in [2.05, 4.69) is 11.8 Å². The van der Waals surface area contributed by atoms with Crippen LogP contribution in [-0.4, -0.2) is 60.6 Å². The Balaban J connectivity index is 1.90. The molecule has 0 saturated carbocycles. The molecule has 2 aliphatic rings. The first-order valence-corrected chi connectivity index (χ1v) is 11.1. The fraction of sp³-hybridized carbons (Fsp3) is 0.583. The molecule has 0 aromatic heterocycles. The van der Waals surface area contributed by atoms with Gasteiger partial charge in [0.1, 0.15) is 11.4 Å². The molecule has 1 saturated heterocycles. The number of hydrogen-bond donors (Lipinski definition) is 0. The highest BCUT2D eigenvalue weighted by molar-refractivity contribution is 6.35. The zero-order chi connectivity index (χ0) is 21.7. The van der Waals surface area contributed by atoms with Gasteiger partial charge in [-0.2, -0.15) is 0 Å². The third kappa shape index (κ3) is 5.04. The first-order valence-electron chi connectivity index (χ1n) is 11.1. The quantitative estimate of drug-likeness (QED) is 0.455. The Kier molecular flexibility index (Phi) is 7.53. The predicted octanol–water partition coefficient (Wildman–Crippen LogP) is 3.71. The van der Waals surface area contributed by atoms with Crippen LogP contribution in [0.15, 0.2) is 30.0 Å². The summed E-state index contributed by atoms with van der Waals surface area (Å²) in [5, 5.41) is 0. The van der Waals surface area contributed by atoms with Crippen molar-refractivity contribution in [3.63, 3.8) is 0 Å². The predicted molar refractivity (Wildman–Crippen MR) is 117 cm³/mol. The summed E-state index contributed by atoms with van der Waals surface area (Å²) in [6, 6.07) is 7.51. The number of imide groups is 1. The van der Waals surface area contributed by atoms with Crippen molar-refractivity contribution >= 4 is 17.4 Å². The van der Waals surface area contributed by atoms with Gasteiger partial charge in [0.15, 0.2) is 0 Å². The average Bonchev–Trinajstić information content (AvgIpc) is 2.96. The van der Waals surface area contributed by atoms with Crippen molar-refractivity contribution in [1.82, 2.24) is 9.80 Å². The molecule has 164 valence electrons. The number of ether oxygens (including phenoxy) is 2. The Morgan fingerprint density at radius 1 is 1.13 bits per heavy atom. The molecule has 2 aliphatic heterocycles. The van der Waals surface area contributed by atoms with Crippen LogP contribution in [-0.2, 0) is 14.3 Å². The first-order chi connectivity index (χ1) is 14.4. The van der Waals surface area contributed by atoms with Gasteiger partial charge in [0.2, 0.25) is 0 Å². The number of amides is 2. The van der Waals surface area contributed by atoms with Crippen molar-refractivity contribution in [2.24, 2.45) is 5.92 Å². The number of piperidine rings is 1. The lowest BCUT2D eigenvalue weighted by molar-refractivity contribution is -0.137. The first kappa shape index (κ1) is 22.3. The SMILES string of the molecule is CCOCCCN1C(=O)C(c2ccc(OC(C)C)cc2)=C(N2CCCC(C)C2)C1=O. The van der Waals surface area contributed by atoms with Gasteiger partial charge in [-0.25, -0.2) is 0 Å². The summed E-state index contributed by atoms with van der Waals surface area (Å²) < 4.78 is 11.1. The normalized spacial score (nSPS) is 20.0. The molecule has 30 heavy (non-hydrogen) atoms. The molecule has 0 radical (unpaired) electrons. The van der Waals surface area contributed by atoms with Gasteiger partial charge in [0.05, 0.1) is 11.7 Å². The fourth-order valence-corrected chi connectivity index (χ4v) is 4.15. The summed E-state index contributed by atoms with van der Waals surface area (Å²) in [6.07, 6.45) is 2.91. The molecule has 1 aromatic rings. The molecule has 2 amide bonds. The maximum atomic E-state index is 13.3. The van der Waals surface area contributed by atoms with Crippen LogP contribution in [0, 0.1) is 5.92 Å². The Morgan fingerprint density at radius 2 is 1.87 bits per heavy atom. The van der Waals surface area contributed by atoms with Crippen molar-refractivity contribution in [2.75, 3.05) is 32.8 Å². The zero-order valence-corrected chi connectivity index (χ0v) is 18.6. The number of rotatable bonds is 9. The summed E-state index contributed by atoms with van der Waals surface area (Å²) in [5.74, 6) is 0.877. The number of likely N-dealkylation sites (tertiary alicyclic amines) is 1. The fourth-order valence-electron chi connectivity index (χ4n) is 4.15. The minimum Gasteiger partial charge on any atom is -0.491 e. The molecule has 1 unspecified atom stereocenters. The number of carbonyl (C=O) groups excluding carboxylic acids is 2. The second-order valence-electron chi connectivity index (χ2n) is 8.42. The summed E-state index contributed by atoms with van der Waals surface area (Å²) in [7, 11) is 0. The molecule has 1 aromatic carbocycles. The molecule has 3 rings (SSSR count). The van der Waals surface area contributed by atoms with Gasteiger partial charge in [-0.1, -0.05) is 19.1 Å². The van der Waals surface area contributed by atoms with Crippen LogP contribution in [0.25, 0.3) is 5.57 Å². The maximum absolute atomic E-state index is 13.3. The monoisotopic (exact) mass is 414 g/mol. The number of nitrogens with zero attached hydrogens (tertiary/aromatic N) is 2. The lowest BCUT2D eigenvalue weighted by atomic mass is 9.97. The van der Waals surface area contributed by atoms with Crippen LogP contribution in [0.2, 0.25) is 0 Å². The lowest BCUT2D eigenvalue weighted by Crippen LogP contribution is -2.39. The summed E-state index contributed by atoms with van der Waals surface area (Å²) in [6.45, 7) is 11.3. The van der Waals surface area contributed by atoms with Gasteiger partial charge in [0, 0.05) is 32.8 Å². The molecule has 0 aliphatic carbocycles. The van der Waals surface area contributed by atoms with Crippen LogP contribution in [0.3, 0.4) is 0 Å². The van der Waals surface area contributed by atoms with E-state index in [-0.39, 0.29) is 17.9 Å². The number of carbonyl (C=O) groups is 2. The molecule has 1 fully saturated rings. The van der Waals surface area contributed by atoms with Crippen molar-refractivity contribution < 1.29 is 19.1 Å². The molecule has 2 heterocycles. The van der Waals surface area contributed by atoms with E-state index >= 15 is 0 Å². The second kappa shape index (κ2) is 10.1. The van der Waals surface area contributed by atoms with Gasteiger partial charge in [-0.05, 0) is 63.6 Å². The second-order valence-corrected chi connectivity index (χ2v) is 8.42. The van der Waals surface area contributed by atoms with Crippen molar-refractivity contribution in [1.29, 1.82) is 0 Å². The van der Waals surface area contributed by atoms with Crippen molar-refractivity contribution in [3.05, 3.63) is 35.5 Å². The Labute approximate surface area is 179 Å². The number of hydrogen-bond acceptors (Lipinski definition) is 5. The van der Waals surface area contributed by atoms with E-state index in [1.807, 2.05) is 45.0 Å². The molecular formula is C24H34N2O4. The van der Waals surface area contributed by atoms with Gasteiger partial charge >= 0.3 is 0 Å². The molecule has 0 spiro atoms. The van der Waals surface area contributed by atoms with Gasteiger partial charge < -0.3 is 14.4 Å². The Morgan fingerprint density at radius 3 is 2.50 bits per heavy atom. The highest BCUT2D eigenvalue weighted by atomic mass is 16.5. The van der Waals surface area contributed by atoms with Crippen LogP contribution < -0.4 is 4.74 Å². The van der Waals surface area contributed by atoms with E-state index < -0.39 is 0 Å². The van der Waals surface area contributed by atoms with E-state index in [0.29, 0.717) is 43.4 Å². The molecule has 0 N–H and O–H groups in total. The Hall–Kier alpha value is -2.34. The van der Waals surface area contributed by atoms with E-state index in [4.69, 9.17) is 9.47 Å². The maximum Gasteiger partial charge on any atom is 0.277 e. The third-order valence-corrected chi connectivity index (χ3v) is 5.51. The van der Waals surface area contributed by atoms with Crippen LogP contribution in [0.5, 0.6) is 5.75 Å². The Bertz CT molecular complexity index is 785. The van der Waals surface area contributed by atoms with Crippen LogP contribution in [0.4, 0.5) is 0 Å². The smallest absolute Gasteiger partial charge is 0.277 e. The molecule has 0 bridgehead atoms. The highest BCUT2D eigenvalue weighted by Crippen LogP contribution is 2.34. The van der Waals surface area contributed by atoms with Gasteiger partial charge in [-0.3, -0.25) is 14.5 Å². The van der Waals surface area contributed by atoms with E-state index in [0.717, 1.165) is 37.2 Å². The lowest BCUT2D eigenvalue weighted by Gasteiger charge is -2.33. The topological polar surface area (TPSA) is 59.1 Å².